The Bertz CT molecular complexity index is 432. The van der Waals surface area contributed by atoms with E-state index < -0.39 is 0 Å². The molecule has 98 valence electrons. The Morgan fingerprint density at radius 2 is 2.11 bits per heavy atom. The third-order valence-corrected chi connectivity index (χ3v) is 2.47. The van der Waals surface area contributed by atoms with Crippen LogP contribution in [0.1, 0.15) is 31.5 Å². The van der Waals surface area contributed by atoms with Gasteiger partial charge in [-0.2, -0.15) is 0 Å². The average molecular weight is 249 g/mol. The fourth-order valence-corrected chi connectivity index (χ4v) is 1.63. The number of rotatable bonds is 2. The molecule has 3 amide bonds. The van der Waals surface area contributed by atoms with Crippen LogP contribution in [0.4, 0.5) is 4.79 Å². The highest BCUT2D eigenvalue weighted by atomic mass is 16.2. The number of carbonyl (C=O) groups excluding carboxylic acids is 2. The summed E-state index contributed by atoms with van der Waals surface area (Å²) in [5, 5.41) is 2.28. The van der Waals surface area contributed by atoms with Crippen molar-refractivity contribution in [1.29, 1.82) is 0 Å². The first-order valence-electron chi connectivity index (χ1n) is 6.15. The molecule has 0 aromatic carbocycles. The number of nitrogens with one attached hydrogen (secondary N) is 1. The Balaban J connectivity index is 0.000000771. The number of hydrogen-bond donors (Lipinski definition) is 1. The summed E-state index contributed by atoms with van der Waals surface area (Å²) >= 11 is 0. The molecule has 0 aliphatic carbocycles. The van der Waals surface area contributed by atoms with Gasteiger partial charge in [0.05, 0.1) is 12.2 Å². The van der Waals surface area contributed by atoms with E-state index in [2.05, 4.69) is 10.3 Å². The minimum absolute atomic E-state index is 0.210. The Hall–Kier alpha value is -1.91. The second-order valence-corrected chi connectivity index (χ2v) is 3.85. The van der Waals surface area contributed by atoms with Gasteiger partial charge in [-0.3, -0.25) is 15.1 Å². The summed E-state index contributed by atoms with van der Waals surface area (Å²) in [4.78, 5) is 28.2. The van der Waals surface area contributed by atoms with Gasteiger partial charge >= 0.3 is 6.03 Å². The zero-order valence-corrected chi connectivity index (χ0v) is 11.1. The molecule has 0 atom stereocenters. The van der Waals surface area contributed by atoms with Gasteiger partial charge in [-0.25, -0.2) is 4.79 Å². The van der Waals surface area contributed by atoms with E-state index in [1.807, 2.05) is 32.9 Å². The fraction of sp³-hybridized carbons (Fsp3) is 0.462. The molecule has 5 nitrogen and oxygen atoms in total. The lowest BCUT2D eigenvalue weighted by Crippen LogP contribution is -2.48. The highest BCUT2D eigenvalue weighted by molar-refractivity contribution is 5.96. The van der Waals surface area contributed by atoms with E-state index in [0.29, 0.717) is 19.5 Å². The highest BCUT2D eigenvalue weighted by Crippen LogP contribution is 2.07. The van der Waals surface area contributed by atoms with Crippen LogP contribution < -0.4 is 5.32 Å². The van der Waals surface area contributed by atoms with Gasteiger partial charge in [0.15, 0.2) is 0 Å². The molecule has 1 N–H and O–H groups in total. The number of carbonyl (C=O) groups is 2. The molecule has 1 aliphatic rings. The first-order chi connectivity index (χ1) is 8.65. The van der Waals surface area contributed by atoms with Crippen molar-refractivity contribution in [2.75, 3.05) is 6.54 Å². The number of urea groups is 1. The molecule has 1 aromatic rings. The van der Waals surface area contributed by atoms with E-state index >= 15 is 0 Å². The van der Waals surface area contributed by atoms with Crippen LogP contribution >= 0.6 is 0 Å². The summed E-state index contributed by atoms with van der Waals surface area (Å²) in [5.41, 5.74) is 1.95. The zero-order chi connectivity index (χ0) is 13.5. The second-order valence-electron chi connectivity index (χ2n) is 3.85. The molecule has 1 fully saturated rings. The van der Waals surface area contributed by atoms with Gasteiger partial charge in [-0.1, -0.05) is 13.8 Å². The van der Waals surface area contributed by atoms with Crippen molar-refractivity contribution in [3.05, 3.63) is 29.6 Å². The maximum Gasteiger partial charge on any atom is 0.324 e. The topological polar surface area (TPSA) is 62.3 Å². The lowest BCUT2D eigenvalue weighted by molar-refractivity contribution is -0.121. The number of amides is 3. The number of imide groups is 1. The van der Waals surface area contributed by atoms with Crippen molar-refractivity contribution in [2.24, 2.45) is 0 Å². The normalized spacial score (nSPS) is 14.7. The third kappa shape index (κ3) is 3.84. The van der Waals surface area contributed by atoms with Crippen molar-refractivity contribution in [2.45, 2.75) is 33.7 Å². The van der Waals surface area contributed by atoms with Gasteiger partial charge in [-0.15, -0.1) is 0 Å². The first kappa shape index (κ1) is 14.2. The minimum Gasteiger partial charge on any atom is -0.318 e. The summed E-state index contributed by atoms with van der Waals surface area (Å²) in [6.07, 6.45) is 2.08. The van der Waals surface area contributed by atoms with Crippen molar-refractivity contribution in [3.63, 3.8) is 0 Å². The molecule has 1 aromatic heterocycles. The van der Waals surface area contributed by atoms with Crippen LogP contribution in [0, 0.1) is 6.92 Å². The van der Waals surface area contributed by atoms with Crippen LogP contribution in [0.2, 0.25) is 0 Å². The Morgan fingerprint density at radius 1 is 1.39 bits per heavy atom. The van der Waals surface area contributed by atoms with Crippen LogP contribution in [-0.2, 0) is 11.3 Å². The van der Waals surface area contributed by atoms with Gasteiger partial charge < -0.3 is 4.90 Å². The zero-order valence-electron chi connectivity index (χ0n) is 11.1. The Kier molecular flexibility index (Phi) is 5.30. The summed E-state index contributed by atoms with van der Waals surface area (Å²) in [5.74, 6) is -0.210. The SMILES string of the molecule is CC.Cc1ccnc(CN2CCC(=O)NC2=O)c1. The van der Waals surface area contributed by atoms with Crippen LogP contribution in [-0.4, -0.2) is 28.4 Å². The first-order valence-corrected chi connectivity index (χ1v) is 6.15. The summed E-state index contributed by atoms with van der Waals surface area (Å²) in [6.45, 7) is 6.88. The van der Waals surface area contributed by atoms with Gasteiger partial charge in [0, 0.05) is 19.2 Å². The maximum atomic E-state index is 11.5. The molecule has 1 aliphatic heterocycles. The summed E-state index contributed by atoms with van der Waals surface area (Å²) < 4.78 is 0. The molecule has 1 saturated heterocycles. The smallest absolute Gasteiger partial charge is 0.318 e. The second kappa shape index (κ2) is 6.74. The molecule has 0 radical (unpaired) electrons. The van der Waals surface area contributed by atoms with E-state index in [1.165, 1.54) is 0 Å². The Labute approximate surface area is 107 Å². The summed E-state index contributed by atoms with van der Waals surface area (Å²) in [7, 11) is 0. The van der Waals surface area contributed by atoms with Crippen LogP contribution in [0.15, 0.2) is 18.3 Å². The monoisotopic (exact) mass is 249 g/mol. The summed E-state index contributed by atoms with van der Waals surface area (Å²) in [6, 6.07) is 3.51. The maximum absolute atomic E-state index is 11.5. The predicted octanol–water partition coefficient (Wildman–Crippen LogP) is 1.86. The number of aromatic nitrogens is 1. The average Bonchev–Trinajstić information content (AvgIpc) is 2.35. The van der Waals surface area contributed by atoms with E-state index in [0.717, 1.165) is 11.3 Å². The van der Waals surface area contributed by atoms with Gasteiger partial charge in [0.2, 0.25) is 5.91 Å². The number of hydrogen-bond acceptors (Lipinski definition) is 3. The van der Waals surface area contributed by atoms with Crippen molar-refractivity contribution in [1.82, 2.24) is 15.2 Å². The molecule has 5 heteroatoms. The quantitative estimate of drug-likeness (QED) is 0.870. The lowest BCUT2D eigenvalue weighted by atomic mass is 10.2. The molecule has 0 bridgehead atoms. The minimum atomic E-state index is -0.334. The molecule has 0 spiro atoms. The lowest BCUT2D eigenvalue weighted by Gasteiger charge is -2.26. The van der Waals surface area contributed by atoms with Crippen molar-refractivity contribution >= 4 is 11.9 Å². The van der Waals surface area contributed by atoms with Gasteiger partial charge in [-0.05, 0) is 24.6 Å². The molecular formula is C13H19N3O2. The Morgan fingerprint density at radius 3 is 2.72 bits per heavy atom. The van der Waals surface area contributed by atoms with E-state index in [1.54, 1.807) is 11.1 Å². The van der Waals surface area contributed by atoms with Gasteiger partial charge in [0.25, 0.3) is 0 Å². The molecular weight excluding hydrogens is 230 g/mol. The highest BCUT2D eigenvalue weighted by Gasteiger charge is 2.22. The van der Waals surface area contributed by atoms with Gasteiger partial charge in [0.1, 0.15) is 0 Å². The number of aryl methyl sites for hydroxylation is 1. The standard InChI is InChI=1S/C11H13N3O2.C2H6/c1-8-2-4-12-9(6-8)7-14-5-3-10(15)13-11(14)16;1-2/h2,4,6H,3,5,7H2,1H3,(H,13,15,16);1-2H3. The fourth-order valence-electron chi connectivity index (χ4n) is 1.63. The molecule has 2 heterocycles. The third-order valence-electron chi connectivity index (χ3n) is 2.47. The molecule has 0 unspecified atom stereocenters. The van der Waals surface area contributed by atoms with E-state index in [4.69, 9.17) is 0 Å². The predicted molar refractivity (Wildman–Crippen MR) is 68.9 cm³/mol. The number of nitrogens with zero attached hydrogens (tertiary/aromatic N) is 2. The van der Waals surface area contributed by atoms with Crippen LogP contribution in [0.25, 0.3) is 0 Å². The largest absolute Gasteiger partial charge is 0.324 e. The van der Waals surface area contributed by atoms with E-state index in [-0.39, 0.29) is 11.9 Å². The van der Waals surface area contributed by atoms with Crippen LogP contribution in [0.3, 0.4) is 0 Å². The molecule has 18 heavy (non-hydrogen) atoms. The number of pyridine rings is 1. The van der Waals surface area contributed by atoms with Crippen molar-refractivity contribution < 1.29 is 9.59 Å². The van der Waals surface area contributed by atoms with E-state index in [9.17, 15) is 9.59 Å². The molecule has 2 rings (SSSR count). The van der Waals surface area contributed by atoms with Crippen molar-refractivity contribution in [3.8, 4) is 0 Å². The molecule has 0 saturated carbocycles. The van der Waals surface area contributed by atoms with Crippen LogP contribution in [0.5, 0.6) is 0 Å².